The van der Waals surface area contributed by atoms with E-state index in [2.05, 4.69) is 5.32 Å². The van der Waals surface area contributed by atoms with Crippen molar-refractivity contribution in [2.24, 2.45) is 5.73 Å². The first-order valence-corrected chi connectivity index (χ1v) is 6.80. The van der Waals surface area contributed by atoms with Gasteiger partial charge < -0.3 is 15.8 Å². The van der Waals surface area contributed by atoms with E-state index in [9.17, 15) is 4.79 Å². The fourth-order valence-corrected chi connectivity index (χ4v) is 2.36. The Morgan fingerprint density at radius 1 is 1.35 bits per heavy atom. The molecule has 0 spiro atoms. The van der Waals surface area contributed by atoms with E-state index in [1.807, 2.05) is 6.92 Å². The first-order chi connectivity index (χ1) is 8.16. The van der Waals surface area contributed by atoms with Crippen molar-refractivity contribution >= 4 is 5.91 Å². The van der Waals surface area contributed by atoms with E-state index < -0.39 is 0 Å². The van der Waals surface area contributed by atoms with E-state index in [0.717, 1.165) is 38.7 Å². The molecular formula is C13H26N2O2. The number of carbonyl (C=O) groups is 1. The van der Waals surface area contributed by atoms with Crippen LogP contribution in [0.15, 0.2) is 0 Å². The number of carbonyl (C=O) groups excluding carboxylic acids is 1. The first kappa shape index (κ1) is 14.5. The number of rotatable bonds is 7. The van der Waals surface area contributed by atoms with Crippen LogP contribution in [0.4, 0.5) is 0 Å². The zero-order valence-electron chi connectivity index (χ0n) is 11.0. The Labute approximate surface area is 104 Å². The van der Waals surface area contributed by atoms with E-state index in [1.165, 1.54) is 6.42 Å². The van der Waals surface area contributed by atoms with Crippen LogP contribution in [0.2, 0.25) is 0 Å². The molecule has 17 heavy (non-hydrogen) atoms. The molecule has 0 saturated heterocycles. The maximum absolute atomic E-state index is 11.7. The third kappa shape index (κ3) is 6.03. The number of nitrogens with one attached hydrogen (secondary N) is 1. The summed E-state index contributed by atoms with van der Waals surface area (Å²) < 4.78 is 5.21. The van der Waals surface area contributed by atoms with Crippen LogP contribution in [0.5, 0.6) is 0 Å². The van der Waals surface area contributed by atoms with E-state index in [4.69, 9.17) is 10.5 Å². The van der Waals surface area contributed by atoms with Crippen molar-refractivity contribution in [3.8, 4) is 0 Å². The molecule has 0 aliphatic heterocycles. The number of amides is 1. The Morgan fingerprint density at radius 2 is 2.06 bits per heavy atom. The van der Waals surface area contributed by atoms with Gasteiger partial charge in [-0.1, -0.05) is 19.3 Å². The predicted molar refractivity (Wildman–Crippen MR) is 68.7 cm³/mol. The van der Waals surface area contributed by atoms with Crippen molar-refractivity contribution in [1.82, 2.24) is 5.32 Å². The summed E-state index contributed by atoms with van der Waals surface area (Å²) in [6.07, 6.45) is 6.90. The molecule has 1 rings (SSSR count). The second-order valence-electron chi connectivity index (χ2n) is 5.00. The fourth-order valence-electron chi connectivity index (χ4n) is 2.36. The van der Waals surface area contributed by atoms with Gasteiger partial charge in [-0.3, -0.25) is 4.79 Å². The molecule has 0 aromatic rings. The Balaban J connectivity index is 2.11. The standard InChI is InChI=1S/C13H26N2O2/c1-2-17-10-6-9-15-12(16)11-13(14)7-4-3-5-8-13/h2-11,14H2,1H3,(H,15,16). The van der Waals surface area contributed by atoms with Gasteiger partial charge in [0.05, 0.1) is 0 Å². The fraction of sp³-hybridized carbons (Fsp3) is 0.923. The highest BCUT2D eigenvalue weighted by Crippen LogP contribution is 2.28. The molecule has 1 amide bonds. The van der Waals surface area contributed by atoms with E-state index in [-0.39, 0.29) is 11.4 Å². The third-order valence-corrected chi connectivity index (χ3v) is 3.35. The van der Waals surface area contributed by atoms with Crippen LogP contribution in [-0.4, -0.2) is 31.2 Å². The van der Waals surface area contributed by atoms with Gasteiger partial charge in [0.1, 0.15) is 0 Å². The lowest BCUT2D eigenvalue weighted by atomic mass is 9.80. The lowest BCUT2D eigenvalue weighted by molar-refractivity contribution is -0.122. The Bertz CT molecular complexity index is 225. The zero-order chi connectivity index (χ0) is 12.6. The van der Waals surface area contributed by atoms with E-state index in [0.29, 0.717) is 19.6 Å². The van der Waals surface area contributed by atoms with Gasteiger partial charge in [-0.15, -0.1) is 0 Å². The molecule has 0 radical (unpaired) electrons. The summed E-state index contributed by atoms with van der Waals surface area (Å²) in [6, 6.07) is 0. The molecule has 0 unspecified atom stereocenters. The molecular weight excluding hydrogens is 216 g/mol. The molecule has 0 atom stereocenters. The number of ether oxygens (including phenoxy) is 1. The molecule has 0 heterocycles. The summed E-state index contributed by atoms with van der Waals surface area (Å²) in [5, 5.41) is 2.92. The molecule has 0 bridgehead atoms. The highest BCUT2D eigenvalue weighted by molar-refractivity contribution is 5.77. The van der Waals surface area contributed by atoms with Crippen LogP contribution in [0.3, 0.4) is 0 Å². The Hall–Kier alpha value is -0.610. The Kier molecular flexibility index (Phi) is 6.52. The summed E-state index contributed by atoms with van der Waals surface area (Å²) in [5.74, 6) is 0.0888. The topological polar surface area (TPSA) is 64.3 Å². The largest absolute Gasteiger partial charge is 0.382 e. The van der Waals surface area contributed by atoms with Gasteiger partial charge in [-0.25, -0.2) is 0 Å². The minimum absolute atomic E-state index is 0.0888. The molecule has 0 aromatic carbocycles. The molecule has 4 nitrogen and oxygen atoms in total. The average molecular weight is 242 g/mol. The van der Waals surface area contributed by atoms with Crippen LogP contribution >= 0.6 is 0 Å². The number of hydrogen-bond donors (Lipinski definition) is 2. The highest BCUT2D eigenvalue weighted by Gasteiger charge is 2.29. The normalized spacial score (nSPS) is 18.9. The highest BCUT2D eigenvalue weighted by atomic mass is 16.5. The molecule has 4 heteroatoms. The van der Waals surface area contributed by atoms with E-state index >= 15 is 0 Å². The first-order valence-electron chi connectivity index (χ1n) is 6.80. The summed E-state index contributed by atoms with van der Waals surface area (Å²) >= 11 is 0. The molecule has 1 aliphatic carbocycles. The van der Waals surface area contributed by atoms with Crippen molar-refractivity contribution in [3.05, 3.63) is 0 Å². The molecule has 0 aromatic heterocycles. The maximum Gasteiger partial charge on any atom is 0.221 e. The van der Waals surface area contributed by atoms with Crippen LogP contribution in [-0.2, 0) is 9.53 Å². The summed E-state index contributed by atoms with van der Waals surface area (Å²) in [6.45, 7) is 4.11. The average Bonchev–Trinajstić information content (AvgIpc) is 2.29. The van der Waals surface area contributed by atoms with Gasteiger partial charge in [0, 0.05) is 31.7 Å². The third-order valence-electron chi connectivity index (χ3n) is 3.35. The van der Waals surface area contributed by atoms with Crippen molar-refractivity contribution in [1.29, 1.82) is 0 Å². The van der Waals surface area contributed by atoms with Gasteiger partial charge in [-0.2, -0.15) is 0 Å². The minimum atomic E-state index is -0.248. The van der Waals surface area contributed by atoms with Crippen LogP contribution < -0.4 is 11.1 Å². The van der Waals surface area contributed by atoms with Crippen LogP contribution in [0.25, 0.3) is 0 Å². The van der Waals surface area contributed by atoms with E-state index in [1.54, 1.807) is 0 Å². The predicted octanol–water partition coefficient (Wildman–Crippen LogP) is 1.58. The lowest BCUT2D eigenvalue weighted by Gasteiger charge is -2.32. The molecule has 100 valence electrons. The number of hydrogen-bond acceptors (Lipinski definition) is 3. The van der Waals surface area contributed by atoms with Crippen molar-refractivity contribution in [2.75, 3.05) is 19.8 Å². The van der Waals surface area contributed by atoms with Gasteiger partial charge in [0.25, 0.3) is 0 Å². The summed E-state index contributed by atoms with van der Waals surface area (Å²) in [4.78, 5) is 11.7. The lowest BCUT2D eigenvalue weighted by Crippen LogP contribution is -2.46. The molecule has 1 aliphatic rings. The smallest absolute Gasteiger partial charge is 0.221 e. The molecule has 1 saturated carbocycles. The van der Waals surface area contributed by atoms with Crippen LogP contribution in [0.1, 0.15) is 51.9 Å². The summed E-state index contributed by atoms with van der Waals surface area (Å²) in [5.41, 5.74) is 5.98. The second-order valence-corrected chi connectivity index (χ2v) is 5.00. The Morgan fingerprint density at radius 3 is 2.71 bits per heavy atom. The van der Waals surface area contributed by atoms with Gasteiger partial charge >= 0.3 is 0 Å². The minimum Gasteiger partial charge on any atom is -0.382 e. The van der Waals surface area contributed by atoms with Crippen molar-refractivity contribution in [2.45, 2.75) is 57.4 Å². The maximum atomic E-state index is 11.7. The SMILES string of the molecule is CCOCCCNC(=O)CC1(N)CCCCC1. The van der Waals surface area contributed by atoms with Gasteiger partial charge in [0.2, 0.25) is 5.91 Å². The monoisotopic (exact) mass is 242 g/mol. The van der Waals surface area contributed by atoms with Gasteiger partial charge in [0.15, 0.2) is 0 Å². The molecule has 1 fully saturated rings. The van der Waals surface area contributed by atoms with Gasteiger partial charge in [-0.05, 0) is 26.2 Å². The van der Waals surface area contributed by atoms with Crippen molar-refractivity contribution < 1.29 is 9.53 Å². The van der Waals surface area contributed by atoms with Crippen LogP contribution in [0, 0.1) is 0 Å². The molecule has 3 N–H and O–H groups in total. The second kappa shape index (κ2) is 7.67. The van der Waals surface area contributed by atoms with Crippen molar-refractivity contribution in [3.63, 3.8) is 0 Å². The zero-order valence-corrected chi connectivity index (χ0v) is 11.0. The number of nitrogens with two attached hydrogens (primary N) is 1. The quantitative estimate of drug-likeness (QED) is 0.666. The summed E-state index contributed by atoms with van der Waals surface area (Å²) in [7, 11) is 0.